The summed E-state index contributed by atoms with van der Waals surface area (Å²) in [6.07, 6.45) is -7.41. The number of halogens is 6. The molecule has 0 amide bonds. The molecule has 0 spiro atoms. The molecule has 0 saturated carbocycles. The fraction of sp³-hybridized carbons (Fsp3) is 0.188. The monoisotopic (exact) mass is 405 g/mol. The van der Waals surface area contributed by atoms with Gasteiger partial charge in [-0.15, -0.1) is 0 Å². The third kappa shape index (κ3) is 4.32. The molecule has 28 heavy (non-hydrogen) atoms. The minimum absolute atomic E-state index is 0.193. The summed E-state index contributed by atoms with van der Waals surface area (Å²) in [5.74, 6) is -1.76. The molecule has 0 radical (unpaired) electrons. The van der Waals surface area contributed by atoms with Crippen molar-refractivity contribution < 1.29 is 40.3 Å². The molecule has 3 rings (SSSR count). The van der Waals surface area contributed by atoms with Gasteiger partial charge in [0, 0.05) is 6.07 Å². The first-order valence-electron chi connectivity index (χ1n) is 7.47. The molecule has 2 heterocycles. The number of hydrogen-bond acceptors (Lipinski definition) is 6. The lowest BCUT2D eigenvalue weighted by Crippen LogP contribution is -2.19. The van der Waals surface area contributed by atoms with Crippen molar-refractivity contribution in [2.45, 2.75) is 19.2 Å². The van der Waals surface area contributed by atoms with Gasteiger partial charge in [0.1, 0.15) is 17.3 Å². The second-order valence-electron chi connectivity index (χ2n) is 5.14. The standard InChI is InChI=1S/C16H9F6N3O3/c17-8-2-1-3-10(12(8)11-4-9(13(18)19)25-28-11)27-16-23-5-7(6-24-16)26-15(22)14(20)21/h1-6,13-15H. The summed E-state index contributed by atoms with van der Waals surface area (Å²) in [7, 11) is 0. The predicted molar refractivity (Wildman–Crippen MR) is 80.5 cm³/mol. The zero-order valence-corrected chi connectivity index (χ0v) is 13.5. The Labute approximate surface area is 152 Å². The van der Waals surface area contributed by atoms with Crippen molar-refractivity contribution in [2.24, 2.45) is 0 Å². The van der Waals surface area contributed by atoms with E-state index in [0.717, 1.165) is 24.5 Å². The molecule has 0 N–H and O–H groups in total. The Bertz CT molecular complexity index is 936. The van der Waals surface area contributed by atoms with Crippen LogP contribution in [-0.2, 0) is 0 Å². The van der Waals surface area contributed by atoms with E-state index in [1.165, 1.54) is 12.1 Å². The highest BCUT2D eigenvalue weighted by Gasteiger charge is 2.23. The van der Waals surface area contributed by atoms with Gasteiger partial charge >= 0.3 is 12.4 Å². The van der Waals surface area contributed by atoms with Gasteiger partial charge in [0.05, 0.1) is 18.0 Å². The third-order valence-electron chi connectivity index (χ3n) is 3.23. The summed E-state index contributed by atoms with van der Waals surface area (Å²) < 4.78 is 90.9. The number of benzene rings is 1. The Hall–Kier alpha value is -3.31. The summed E-state index contributed by atoms with van der Waals surface area (Å²) >= 11 is 0. The molecule has 6 nitrogen and oxygen atoms in total. The van der Waals surface area contributed by atoms with E-state index in [1.54, 1.807) is 0 Å². The predicted octanol–water partition coefficient (Wildman–Crippen LogP) is 4.94. The van der Waals surface area contributed by atoms with E-state index in [2.05, 4.69) is 19.9 Å². The van der Waals surface area contributed by atoms with Gasteiger partial charge < -0.3 is 14.0 Å². The Morgan fingerprint density at radius 2 is 1.71 bits per heavy atom. The topological polar surface area (TPSA) is 70.3 Å². The minimum atomic E-state index is -3.36. The second-order valence-corrected chi connectivity index (χ2v) is 5.14. The van der Waals surface area contributed by atoms with Crippen LogP contribution in [0.4, 0.5) is 26.3 Å². The number of alkyl halides is 5. The SMILES string of the molecule is Fc1cccc(Oc2ncc(OC(F)C(F)F)cn2)c1-c1cc(C(F)F)no1. The molecule has 0 fully saturated rings. The van der Waals surface area contributed by atoms with Gasteiger partial charge in [0.2, 0.25) is 0 Å². The average Bonchev–Trinajstić information content (AvgIpc) is 3.13. The largest absolute Gasteiger partial charge is 0.451 e. The molecule has 0 aliphatic rings. The van der Waals surface area contributed by atoms with Crippen molar-refractivity contribution in [1.29, 1.82) is 0 Å². The zero-order chi connectivity index (χ0) is 20.3. The lowest BCUT2D eigenvalue weighted by atomic mass is 10.1. The molecule has 148 valence electrons. The molecular formula is C16H9F6N3O3. The van der Waals surface area contributed by atoms with Gasteiger partial charge in [-0.25, -0.2) is 22.0 Å². The van der Waals surface area contributed by atoms with E-state index in [0.29, 0.717) is 0 Å². The number of aromatic nitrogens is 3. The lowest BCUT2D eigenvalue weighted by molar-refractivity contribution is -0.0672. The van der Waals surface area contributed by atoms with Gasteiger partial charge in [-0.05, 0) is 12.1 Å². The summed E-state index contributed by atoms with van der Waals surface area (Å²) in [5.41, 5.74) is -1.01. The molecule has 2 aromatic heterocycles. The number of ether oxygens (including phenoxy) is 2. The van der Waals surface area contributed by atoms with Gasteiger partial charge in [0.25, 0.3) is 12.8 Å². The maximum Gasteiger partial charge on any atom is 0.322 e. The average molecular weight is 405 g/mol. The maximum absolute atomic E-state index is 14.2. The first kappa shape index (κ1) is 19.5. The third-order valence-corrected chi connectivity index (χ3v) is 3.23. The number of nitrogens with zero attached hydrogens (tertiary/aromatic N) is 3. The Morgan fingerprint density at radius 1 is 1.00 bits per heavy atom. The van der Waals surface area contributed by atoms with Crippen molar-refractivity contribution in [1.82, 2.24) is 15.1 Å². The minimum Gasteiger partial charge on any atom is -0.451 e. The van der Waals surface area contributed by atoms with E-state index in [-0.39, 0.29) is 23.1 Å². The summed E-state index contributed by atoms with van der Waals surface area (Å²) in [4.78, 5) is 7.25. The van der Waals surface area contributed by atoms with Crippen LogP contribution in [-0.4, -0.2) is 27.9 Å². The van der Waals surface area contributed by atoms with E-state index >= 15 is 0 Å². The smallest absolute Gasteiger partial charge is 0.322 e. The molecule has 0 bridgehead atoms. The van der Waals surface area contributed by atoms with E-state index in [9.17, 15) is 26.3 Å². The Balaban J connectivity index is 1.84. The van der Waals surface area contributed by atoms with Gasteiger partial charge in [0.15, 0.2) is 11.5 Å². The zero-order valence-electron chi connectivity index (χ0n) is 13.5. The van der Waals surface area contributed by atoms with Crippen LogP contribution in [0, 0.1) is 5.82 Å². The Morgan fingerprint density at radius 3 is 2.32 bits per heavy atom. The highest BCUT2D eigenvalue weighted by Crippen LogP contribution is 2.36. The van der Waals surface area contributed by atoms with Crippen molar-refractivity contribution in [3.63, 3.8) is 0 Å². The van der Waals surface area contributed by atoms with E-state index in [4.69, 9.17) is 9.26 Å². The van der Waals surface area contributed by atoms with Crippen molar-refractivity contribution in [3.05, 3.63) is 48.2 Å². The normalized spacial score (nSPS) is 12.4. The molecule has 12 heteroatoms. The molecule has 3 aromatic rings. The van der Waals surface area contributed by atoms with Crippen molar-refractivity contribution in [3.8, 4) is 28.8 Å². The van der Waals surface area contributed by atoms with Crippen LogP contribution in [0.25, 0.3) is 11.3 Å². The molecule has 0 aliphatic heterocycles. The van der Waals surface area contributed by atoms with E-state index < -0.39 is 36.5 Å². The fourth-order valence-corrected chi connectivity index (χ4v) is 2.04. The van der Waals surface area contributed by atoms with E-state index in [1.807, 2.05) is 0 Å². The maximum atomic E-state index is 14.2. The number of hydrogen-bond donors (Lipinski definition) is 0. The molecule has 1 aromatic carbocycles. The van der Waals surface area contributed by atoms with Crippen LogP contribution in [0.3, 0.4) is 0 Å². The van der Waals surface area contributed by atoms with Gasteiger partial charge in [-0.3, -0.25) is 0 Å². The molecular weight excluding hydrogens is 396 g/mol. The fourth-order valence-electron chi connectivity index (χ4n) is 2.04. The van der Waals surface area contributed by atoms with Crippen LogP contribution in [0.2, 0.25) is 0 Å². The first-order valence-corrected chi connectivity index (χ1v) is 7.47. The van der Waals surface area contributed by atoms with Gasteiger partial charge in [-0.1, -0.05) is 11.2 Å². The number of rotatable bonds is 7. The first-order chi connectivity index (χ1) is 13.3. The molecule has 0 saturated heterocycles. The molecule has 1 unspecified atom stereocenters. The van der Waals surface area contributed by atoms with Gasteiger partial charge in [-0.2, -0.15) is 14.4 Å². The Kier molecular flexibility index (Phi) is 5.66. The summed E-state index contributed by atoms with van der Waals surface area (Å²) in [6, 6.07) is 4.06. The highest BCUT2D eigenvalue weighted by molar-refractivity contribution is 5.67. The van der Waals surface area contributed by atoms with Crippen LogP contribution >= 0.6 is 0 Å². The summed E-state index contributed by atoms with van der Waals surface area (Å²) in [5, 5.41) is 3.14. The lowest BCUT2D eigenvalue weighted by Gasteiger charge is -2.11. The molecule has 0 aliphatic carbocycles. The quantitative estimate of drug-likeness (QED) is 0.519. The molecule has 1 atom stereocenters. The van der Waals surface area contributed by atoms with Crippen LogP contribution in [0.5, 0.6) is 17.5 Å². The van der Waals surface area contributed by atoms with Crippen molar-refractivity contribution in [2.75, 3.05) is 0 Å². The highest BCUT2D eigenvalue weighted by atomic mass is 19.3. The van der Waals surface area contributed by atoms with Crippen LogP contribution in [0.1, 0.15) is 12.1 Å². The van der Waals surface area contributed by atoms with Crippen molar-refractivity contribution >= 4 is 0 Å². The summed E-state index contributed by atoms with van der Waals surface area (Å²) in [6.45, 7) is 0. The second kappa shape index (κ2) is 8.15. The van der Waals surface area contributed by atoms with Crippen LogP contribution < -0.4 is 9.47 Å². The van der Waals surface area contributed by atoms with Crippen LogP contribution in [0.15, 0.2) is 41.2 Å².